The third-order valence-corrected chi connectivity index (χ3v) is 3.60. The van der Waals surface area contributed by atoms with Gasteiger partial charge >= 0.3 is 0 Å². The lowest BCUT2D eigenvalue weighted by Gasteiger charge is -2.15. The van der Waals surface area contributed by atoms with Gasteiger partial charge in [0.25, 0.3) is 0 Å². The lowest BCUT2D eigenvalue weighted by molar-refractivity contribution is 0.174. The Hall–Kier alpha value is -1.10. The van der Waals surface area contributed by atoms with Crippen molar-refractivity contribution < 1.29 is 14.2 Å². The molecular formula is C15H13BrClFO2. The SMILES string of the molecule is COc1ccc(Cl)cc1C(O)Cc1cc(F)cc(Br)c1. The fourth-order valence-corrected chi connectivity index (χ4v) is 2.72. The average Bonchev–Trinajstić information content (AvgIpc) is 2.37. The molecule has 1 N–H and O–H groups in total. The summed E-state index contributed by atoms with van der Waals surface area (Å²) in [5.41, 5.74) is 1.27. The normalized spacial score (nSPS) is 12.2. The first-order valence-corrected chi connectivity index (χ1v) is 7.13. The first-order valence-electron chi connectivity index (χ1n) is 5.96. The standard InChI is InChI=1S/C15H13BrClFO2/c1-20-15-3-2-11(17)8-13(15)14(19)6-9-4-10(16)7-12(18)5-9/h2-5,7-8,14,19H,6H2,1H3. The highest BCUT2D eigenvalue weighted by Crippen LogP contribution is 2.30. The molecule has 0 fully saturated rings. The Bertz CT molecular complexity index is 599. The second-order valence-electron chi connectivity index (χ2n) is 4.38. The second kappa shape index (κ2) is 6.57. The number of hydrogen-bond acceptors (Lipinski definition) is 2. The maximum absolute atomic E-state index is 13.3. The van der Waals surface area contributed by atoms with Gasteiger partial charge in [-0.05, 0) is 42.0 Å². The fourth-order valence-electron chi connectivity index (χ4n) is 2.03. The van der Waals surface area contributed by atoms with E-state index in [0.717, 1.165) is 0 Å². The summed E-state index contributed by atoms with van der Waals surface area (Å²) in [7, 11) is 1.53. The van der Waals surface area contributed by atoms with E-state index in [1.54, 1.807) is 24.3 Å². The van der Waals surface area contributed by atoms with E-state index in [4.69, 9.17) is 16.3 Å². The van der Waals surface area contributed by atoms with Crippen LogP contribution in [-0.4, -0.2) is 12.2 Å². The largest absolute Gasteiger partial charge is 0.496 e. The Kier molecular flexibility index (Phi) is 5.02. The third-order valence-electron chi connectivity index (χ3n) is 2.90. The van der Waals surface area contributed by atoms with Crippen LogP contribution in [0.1, 0.15) is 17.2 Å². The lowest BCUT2D eigenvalue weighted by atomic mass is 10.0. The van der Waals surface area contributed by atoms with E-state index in [9.17, 15) is 9.50 Å². The summed E-state index contributed by atoms with van der Waals surface area (Å²) in [6.07, 6.45) is -0.551. The van der Waals surface area contributed by atoms with E-state index in [2.05, 4.69) is 15.9 Å². The quantitative estimate of drug-likeness (QED) is 0.869. The molecule has 0 amide bonds. The fraction of sp³-hybridized carbons (Fsp3) is 0.200. The molecule has 2 nitrogen and oxygen atoms in total. The lowest BCUT2D eigenvalue weighted by Crippen LogP contribution is -2.04. The molecule has 0 aliphatic rings. The molecule has 0 bridgehead atoms. The van der Waals surface area contributed by atoms with Crippen molar-refractivity contribution in [2.75, 3.05) is 7.11 Å². The molecule has 0 heterocycles. The third kappa shape index (κ3) is 3.72. The first kappa shape index (κ1) is 15.3. The summed E-state index contributed by atoms with van der Waals surface area (Å²) >= 11 is 9.17. The van der Waals surface area contributed by atoms with Crippen LogP contribution >= 0.6 is 27.5 Å². The molecule has 20 heavy (non-hydrogen) atoms. The predicted octanol–water partition coefficient (Wildman–Crippen LogP) is 4.53. The van der Waals surface area contributed by atoms with Crippen LogP contribution in [0.25, 0.3) is 0 Å². The highest BCUT2D eigenvalue weighted by molar-refractivity contribution is 9.10. The molecule has 0 saturated carbocycles. The molecule has 106 valence electrons. The van der Waals surface area contributed by atoms with Crippen molar-refractivity contribution in [2.45, 2.75) is 12.5 Å². The highest BCUT2D eigenvalue weighted by atomic mass is 79.9. The molecule has 2 aromatic carbocycles. The van der Waals surface area contributed by atoms with Gasteiger partial charge in [-0.1, -0.05) is 27.5 Å². The van der Waals surface area contributed by atoms with Crippen LogP contribution < -0.4 is 4.74 Å². The van der Waals surface area contributed by atoms with Crippen LogP contribution in [0.4, 0.5) is 4.39 Å². The van der Waals surface area contributed by atoms with Crippen molar-refractivity contribution in [2.24, 2.45) is 0 Å². The van der Waals surface area contributed by atoms with E-state index >= 15 is 0 Å². The minimum Gasteiger partial charge on any atom is -0.496 e. The van der Waals surface area contributed by atoms with Crippen LogP contribution in [-0.2, 0) is 6.42 Å². The van der Waals surface area contributed by atoms with Crippen molar-refractivity contribution in [1.82, 2.24) is 0 Å². The van der Waals surface area contributed by atoms with Crippen LogP contribution in [0.5, 0.6) is 5.75 Å². The molecule has 0 aromatic heterocycles. The van der Waals surface area contributed by atoms with Gasteiger partial charge in [0.1, 0.15) is 11.6 Å². The summed E-state index contributed by atoms with van der Waals surface area (Å²) < 4.78 is 19.2. The van der Waals surface area contributed by atoms with Gasteiger partial charge in [-0.25, -0.2) is 4.39 Å². The van der Waals surface area contributed by atoms with Gasteiger partial charge in [0, 0.05) is 21.5 Å². The molecule has 1 atom stereocenters. The minimum absolute atomic E-state index is 0.271. The van der Waals surface area contributed by atoms with Crippen molar-refractivity contribution in [3.63, 3.8) is 0 Å². The van der Waals surface area contributed by atoms with Gasteiger partial charge in [-0.15, -0.1) is 0 Å². The molecule has 2 aromatic rings. The predicted molar refractivity (Wildman–Crippen MR) is 80.8 cm³/mol. The number of methoxy groups -OCH3 is 1. The Morgan fingerprint density at radius 2 is 2.05 bits per heavy atom. The summed E-state index contributed by atoms with van der Waals surface area (Å²) in [5, 5.41) is 10.8. The molecule has 0 saturated heterocycles. The molecule has 5 heteroatoms. The van der Waals surface area contributed by atoms with Crippen LogP contribution in [0.15, 0.2) is 40.9 Å². The average molecular weight is 360 g/mol. The Morgan fingerprint density at radius 1 is 1.30 bits per heavy atom. The van der Waals surface area contributed by atoms with Gasteiger partial charge in [0.15, 0.2) is 0 Å². The van der Waals surface area contributed by atoms with Gasteiger partial charge in [0.2, 0.25) is 0 Å². The Labute approximate surface area is 130 Å². The van der Waals surface area contributed by atoms with E-state index in [1.807, 2.05) is 0 Å². The summed E-state index contributed by atoms with van der Waals surface area (Å²) in [6.45, 7) is 0. The zero-order valence-electron chi connectivity index (χ0n) is 10.7. The smallest absolute Gasteiger partial charge is 0.124 e. The van der Waals surface area contributed by atoms with Crippen LogP contribution in [0.2, 0.25) is 5.02 Å². The van der Waals surface area contributed by atoms with Crippen LogP contribution in [0, 0.1) is 5.82 Å². The zero-order valence-corrected chi connectivity index (χ0v) is 13.1. The van der Waals surface area contributed by atoms with Crippen molar-refractivity contribution in [1.29, 1.82) is 0 Å². The molecule has 0 aliphatic carbocycles. The number of aliphatic hydroxyl groups is 1. The minimum atomic E-state index is -0.822. The summed E-state index contributed by atoms with van der Waals surface area (Å²) in [4.78, 5) is 0. The highest BCUT2D eigenvalue weighted by Gasteiger charge is 2.15. The van der Waals surface area contributed by atoms with Crippen molar-refractivity contribution in [3.8, 4) is 5.75 Å². The zero-order chi connectivity index (χ0) is 14.7. The van der Waals surface area contributed by atoms with E-state index < -0.39 is 6.10 Å². The van der Waals surface area contributed by atoms with Crippen molar-refractivity contribution in [3.05, 3.63) is 62.8 Å². The number of hydrogen-bond donors (Lipinski definition) is 1. The van der Waals surface area contributed by atoms with E-state index in [1.165, 1.54) is 19.2 Å². The Morgan fingerprint density at radius 3 is 2.70 bits per heavy atom. The number of halogens is 3. The van der Waals surface area contributed by atoms with Crippen molar-refractivity contribution >= 4 is 27.5 Å². The molecule has 0 radical (unpaired) electrons. The monoisotopic (exact) mass is 358 g/mol. The number of aliphatic hydroxyl groups excluding tert-OH is 1. The molecule has 0 aliphatic heterocycles. The Balaban J connectivity index is 2.27. The summed E-state index contributed by atoms with van der Waals surface area (Å²) in [6, 6.07) is 9.57. The van der Waals surface area contributed by atoms with Gasteiger partial charge < -0.3 is 9.84 Å². The second-order valence-corrected chi connectivity index (χ2v) is 5.74. The number of rotatable bonds is 4. The molecule has 2 rings (SSSR count). The van der Waals surface area contributed by atoms with Gasteiger partial charge in [-0.3, -0.25) is 0 Å². The van der Waals surface area contributed by atoms with Gasteiger partial charge in [0.05, 0.1) is 13.2 Å². The van der Waals surface area contributed by atoms with Crippen LogP contribution in [0.3, 0.4) is 0 Å². The molecular weight excluding hydrogens is 347 g/mol. The van der Waals surface area contributed by atoms with E-state index in [0.29, 0.717) is 26.4 Å². The molecule has 0 spiro atoms. The van der Waals surface area contributed by atoms with Gasteiger partial charge in [-0.2, -0.15) is 0 Å². The maximum atomic E-state index is 13.3. The number of benzene rings is 2. The maximum Gasteiger partial charge on any atom is 0.124 e. The molecule has 1 unspecified atom stereocenters. The number of ether oxygens (including phenoxy) is 1. The van der Waals surface area contributed by atoms with E-state index in [-0.39, 0.29) is 12.2 Å². The summed E-state index contributed by atoms with van der Waals surface area (Å²) in [5.74, 6) is 0.206. The first-order chi connectivity index (χ1) is 9.49. The topological polar surface area (TPSA) is 29.5 Å².